The second kappa shape index (κ2) is 6.29. The van der Waals surface area contributed by atoms with Gasteiger partial charge in [0.1, 0.15) is 11.5 Å². The maximum absolute atomic E-state index is 12.2. The molecule has 6 nitrogen and oxygen atoms in total. The Kier molecular flexibility index (Phi) is 4.20. The van der Waals surface area contributed by atoms with Crippen LogP contribution in [0.2, 0.25) is 0 Å². The van der Waals surface area contributed by atoms with Crippen molar-refractivity contribution in [3.05, 3.63) is 47.4 Å². The van der Waals surface area contributed by atoms with E-state index in [-0.39, 0.29) is 11.9 Å². The number of rotatable bonds is 4. The van der Waals surface area contributed by atoms with Gasteiger partial charge in [0.15, 0.2) is 0 Å². The van der Waals surface area contributed by atoms with E-state index < -0.39 is 0 Å². The van der Waals surface area contributed by atoms with Crippen molar-refractivity contribution >= 4 is 23.7 Å². The lowest BCUT2D eigenvalue weighted by Gasteiger charge is -2.01. The zero-order chi connectivity index (χ0) is 16.4. The van der Waals surface area contributed by atoms with Crippen molar-refractivity contribution in [3.63, 3.8) is 0 Å². The van der Waals surface area contributed by atoms with Gasteiger partial charge in [0.25, 0.3) is 11.8 Å². The monoisotopic (exact) mass is 329 g/mol. The Labute approximate surface area is 137 Å². The van der Waals surface area contributed by atoms with Gasteiger partial charge in [-0.3, -0.25) is 10.1 Å². The molecule has 1 aromatic carbocycles. The van der Waals surface area contributed by atoms with Crippen molar-refractivity contribution in [2.45, 2.75) is 18.7 Å². The number of anilines is 1. The Morgan fingerprint density at radius 2 is 1.87 bits per heavy atom. The van der Waals surface area contributed by atoms with Gasteiger partial charge >= 0.3 is 6.01 Å². The zero-order valence-corrected chi connectivity index (χ0v) is 13.7. The lowest BCUT2D eigenvalue weighted by atomic mass is 10.2. The van der Waals surface area contributed by atoms with Crippen LogP contribution in [0.15, 0.2) is 44.1 Å². The van der Waals surface area contributed by atoms with Crippen molar-refractivity contribution in [2.24, 2.45) is 0 Å². The van der Waals surface area contributed by atoms with Gasteiger partial charge in [-0.2, -0.15) is 0 Å². The van der Waals surface area contributed by atoms with E-state index in [2.05, 4.69) is 15.5 Å². The highest BCUT2D eigenvalue weighted by Gasteiger charge is 2.16. The fourth-order valence-electron chi connectivity index (χ4n) is 2.14. The summed E-state index contributed by atoms with van der Waals surface area (Å²) in [4.78, 5) is 13.3. The SMILES string of the molecule is CSc1ccc(C(=O)Nc2nnc(-c3cc(C)oc3C)o2)cc1. The summed E-state index contributed by atoms with van der Waals surface area (Å²) in [6.45, 7) is 3.66. The number of nitrogens with zero attached hydrogens (tertiary/aromatic N) is 2. The molecule has 0 unspecified atom stereocenters. The second-order valence-electron chi connectivity index (χ2n) is 4.92. The summed E-state index contributed by atoms with van der Waals surface area (Å²) in [5, 5.41) is 10.4. The number of thioether (sulfide) groups is 1. The fourth-order valence-corrected chi connectivity index (χ4v) is 2.55. The van der Waals surface area contributed by atoms with Gasteiger partial charge in [0, 0.05) is 10.5 Å². The highest BCUT2D eigenvalue weighted by atomic mass is 32.2. The Balaban J connectivity index is 1.75. The first-order chi connectivity index (χ1) is 11.1. The minimum Gasteiger partial charge on any atom is -0.466 e. The highest BCUT2D eigenvalue weighted by Crippen LogP contribution is 2.26. The van der Waals surface area contributed by atoms with E-state index >= 15 is 0 Å². The fraction of sp³-hybridized carbons (Fsp3) is 0.188. The highest BCUT2D eigenvalue weighted by molar-refractivity contribution is 7.98. The summed E-state index contributed by atoms with van der Waals surface area (Å²) < 4.78 is 10.9. The molecule has 2 aromatic heterocycles. The van der Waals surface area contributed by atoms with E-state index in [0.29, 0.717) is 17.2 Å². The van der Waals surface area contributed by atoms with Gasteiger partial charge in [-0.15, -0.1) is 16.9 Å². The third kappa shape index (κ3) is 3.29. The second-order valence-corrected chi connectivity index (χ2v) is 5.80. The molecule has 1 amide bonds. The van der Waals surface area contributed by atoms with Gasteiger partial charge in [0.05, 0.1) is 5.56 Å². The molecule has 3 rings (SSSR count). The number of amides is 1. The third-order valence-corrected chi connectivity index (χ3v) is 4.01. The molecular weight excluding hydrogens is 314 g/mol. The summed E-state index contributed by atoms with van der Waals surface area (Å²) >= 11 is 1.62. The van der Waals surface area contributed by atoms with Crippen LogP contribution < -0.4 is 5.32 Å². The van der Waals surface area contributed by atoms with E-state index in [4.69, 9.17) is 8.83 Å². The van der Waals surface area contributed by atoms with E-state index in [1.54, 1.807) is 23.9 Å². The summed E-state index contributed by atoms with van der Waals surface area (Å²) in [6.07, 6.45) is 1.98. The molecule has 0 aliphatic rings. The summed E-state index contributed by atoms with van der Waals surface area (Å²) in [6, 6.07) is 9.14. The Bertz CT molecular complexity index is 837. The van der Waals surface area contributed by atoms with Gasteiger partial charge in [-0.1, -0.05) is 5.10 Å². The van der Waals surface area contributed by atoms with Gasteiger partial charge in [-0.25, -0.2) is 0 Å². The number of benzene rings is 1. The molecule has 0 atom stereocenters. The van der Waals surface area contributed by atoms with Crippen LogP contribution in [0.4, 0.5) is 6.01 Å². The molecule has 2 heterocycles. The Hall–Kier alpha value is -2.54. The van der Waals surface area contributed by atoms with Crippen LogP contribution >= 0.6 is 11.8 Å². The maximum Gasteiger partial charge on any atom is 0.322 e. The average molecular weight is 329 g/mol. The number of carbonyl (C=O) groups excluding carboxylic acids is 1. The quantitative estimate of drug-likeness (QED) is 0.731. The van der Waals surface area contributed by atoms with E-state index in [1.165, 1.54) is 0 Å². The van der Waals surface area contributed by atoms with E-state index in [0.717, 1.165) is 16.2 Å². The van der Waals surface area contributed by atoms with E-state index in [1.807, 2.05) is 38.3 Å². The van der Waals surface area contributed by atoms with Crippen molar-refractivity contribution in [3.8, 4) is 11.5 Å². The van der Waals surface area contributed by atoms with Crippen molar-refractivity contribution in [1.82, 2.24) is 10.2 Å². The van der Waals surface area contributed by atoms with Crippen LogP contribution in [0, 0.1) is 13.8 Å². The summed E-state index contributed by atoms with van der Waals surface area (Å²) in [5.41, 5.74) is 1.25. The van der Waals surface area contributed by atoms with Crippen LogP contribution in [0.1, 0.15) is 21.9 Å². The maximum atomic E-state index is 12.2. The van der Waals surface area contributed by atoms with Crippen LogP contribution in [0.5, 0.6) is 0 Å². The van der Waals surface area contributed by atoms with Crippen molar-refractivity contribution < 1.29 is 13.6 Å². The number of nitrogens with one attached hydrogen (secondary N) is 1. The van der Waals surface area contributed by atoms with Crippen LogP contribution in [0.25, 0.3) is 11.5 Å². The zero-order valence-electron chi connectivity index (χ0n) is 12.9. The Morgan fingerprint density at radius 3 is 2.48 bits per heavy atom. The number of carbonyl (C=O) groups is 1. The predicted octanol–water partition coefficient (Wildman–Crippen LogP) is 3.92. The van der Waals surface area contributed by atoms with Gasteiger partial charge in [-0.05, 0) is 50.4 Å². The van der Waals surface area contributed by atoms with Gasteiger partial charge in [0.2, 0.25) is 0 Å². The van der Waals surface area contributed by atoms with Crippen molar-refractivity contribution in [1.29, 1.82) is 0 Å². The number of hydrogen-bond acceptors (Lipinski definition) is 6. The lowest BCUT2D eigenvalue weighted by molar-refractivity contribution is 0.102. The molecule has 0 spiro atoms. The lowest BCUT2D eigenvalue weighted by Crippen LogP contribution is -2.11. The molecule has 1 N–H and O–H groups in total. The van der Waals surface area contributed by atoms with E-state index in [9.17, 15) is 4.79 Å². The number of aryl methyl sites for hydroxylation is 2. The first-order valence-electron chi connectivity index (χ1n) is 6.93. The van der Waals surface area contributed by atoms with Crippen molar-refractivity contribution in [2.75, 3.05) is 11.6 Å². The molecule has 0 aliphatic carbocycles. The molecule has 0 saturated heterocycles. The predicted molar refractivity (Wildman–Crippen MR) is 87.7 cm³/mol. The molecule has 7 heteroatoms. The topological polar surface area (TPSA) is 81.2 Å². The standard InChI is InChI=1S/C16H15N3O3S/c1-9-8-13(10(2)21-9)15-18-19-16(22-15)17-14(20)11-4-6-12(23-3)7-5-11/h4-8H,1-3H3,(H,17,19,20). The first kappa shape index (κ1) is 15.4. The molecule has 23 heavy (non-hydrogen) atoms. The van der Waals surface area contributed by atoms with Crippen LogP contribution in [-0.2, 0) is 0 Å². The molecule has 0 saturated carbocycles. The largest absolute Gasteiger partial charge is 0.466 e. The molecular formula is C16H15N3O3S. The number of aromatic nitrogens is 2. The van der Waals surface area contributed by atoms with Gasteiger partial charge < -0.3 is 8.83 Å². The third-order valence-electron chi connectivity index (χ3n) is 3.27. The molecule has 0 fully saturated rings. The average Bonchev–Trinajstić information content (AvgIpc) is 3.13. The van der Waals surface area contributed by atoms with Crippen LogP contribution in [-0.4, -0.2) is 22.4 Å². The molecule has 0 radical (unpaired) electrons. The number of hydrogen-bond donors (Lipinski definition) is 1. The number of furan rings is 1. The first-order valence-corrected chi connectivity index (χ1v) is 8.15. The summed E-state index contributed by atoms with van der Waals surface area (Å²) in [7, 11) is 0. The van der Waals surface area contributed by atoms with Crippen LogP contribution in [0.3, 0.4) is 0 Å². The molecule has 118 valence electrons. The minimum atomic E-state index is -0.298. The summed E-state index contributed by atoms with van der Waals surface area (Å²) in [5.74, 6) is 1.46. The Morgan fingerprint density at radius 1 is 1.13 bits per heavy atom. The molecule has 0 aliphatic heterocycles. The smallest absolute Gasteiger partial charge is 0.322 e. The minimum absolute atomic E-state index is 0.0530. The molecule has 3 aromatic rings. The molecule has 0 bridgehead atoms. The normalized spacial score (nSPS) is 10.7.